The third-order valence-corrected chi connectivity index (χ3v) is 4.77. The maximum atomic E-state index is 11.8. The third-order valence-electron chi connectivity index (χ3n) is 2.71. The van der Waals surface area contributed by atoms with Crippen LogP contribution < -0.4 is 10.5 Å². The molecule has 0 bridgehead atoms. The Labute approximate surface area is 120 Å². The predicted octanol–water partition coefficient (Wildman–Crippen LogP) is 1.71. The van der Waals surface area contributed by atoms with E-state index in [9.17, 15) is 8.42 Å². The first kappa shape index (κ1) is 16.5. The molecule has 108 valence electrons. The van der Waals surface area contributed by atoms with Gasteiger partial charge in [-0.25, -0.2) is 13.1 Å². The van der Waals surface area contributed by atoms with Gasteiger partial charge in [-0.2, -0.15) is 11.8 Å². The second-order valence-electron chi connectivity index (χ2n) is 4.37. The SMILES string of the molecule is CSCCCCNS(=O)(=O)Cc1ccc(CN)cc1. The number of nitrogens with one attached hydrogen (secondary N) is 1. The minimum atomic E-state index is -3.23. The number of thioether (sulfide) groups is 1. The molecule has 0 aliphatic rings. The van der Waals surface area contributed by atoms with Gasteiger partial charge in [0.1, 0.15) is 0 Å². The van der Waals surface area contributed by atoms with Gasteiger partial charge in [0.15, 0.2) is 0 Å². The third kappa shape index (κ3) is 6.96. The Bertz CT molecular complexity index is 458. The number of rotatable bonds is 9. The predicted molar refractivity (Wildman–Crippen MR) is 82.6 cm³/mol. The van der Waals surface area contributed by atoms with E-state index in [2.05, 4.69) is 11.0 Å². The van der Waals surface area contributed by atoms with Crippen molar-refractivity contribution in [3.8, 4) is 0 Å². The average Bonchev–Trinajstić information content (AvgIpc) is 2.39. The quantitative estimate of drug-likeness (QED) is 0.681. The Morgan fingerprint density at radius 1 is 1.16 bits per heavy atom. The monoisotopic (exact) mass is 302 g/mol. The van der Waals surface area contributed by atoms with E-state index in [0.717, 1.165) is 29.7 Å². The molecule has 19 heavy (non-hydrogen) atoms. The van der Waals surface area contributed by atoms with Crippen molar-refractivity contribution >= 4 is 21.8 Å². The van der Waals surface area contributed by atoms with Crippen molar-refractivity contribution in [2.75, 3.05) is 18.6 Å². The molecule has 0 aliphatic carbocycles. The highest BCUT2D eigenvalue weighted by Crippen LogP contribution is 2.07. The van der Waals surface area contributed by atoms with Crippen molar-refractivity contribution in [1.29, 1.82) is 0 Å². The molecule has 1 aromatic rings. The van der Waals surface area contributed by atoms with E-state index in [1.807, 2.05) is 24.3 Å². The van der Waals surface area contributed by atoms with E-state index in [4.69, 9.17) is 5.73 Å². The molecule has 0 aliphatic heterocycles. The van der Waals surface area contributed by atoms with Crippen molar-refractivity contribution in [2.45, 2.75) is 25.1 Å². The molecule has 0 spiro atoms. The Morgan fingerprint density at radius 2 is 1.79 bits per heavy atom. The van der Waals surface area contributed by atoms with Gasteiger partial charge in [-0.3, -0.25) is 0 Å². The van der Waals surface area contributed by atoms with Crippen LogP contribution in [0.25, 0.3) is 0 Å². The fraction of sp³-hybridized carbons (Fsp3) is 0.538. The Kier molecular flexibility index (Phi) is 7.45. The first-order chi connectivity index (χ1) is 9.07. The van der Waals surface area contributed by atoms with Gasteiger partial charge in [0.25, 0.3) is 0 Å². The lowest BCUT2D eigenvalue weighted by Crippen LogP contribution is -2.26. The molecule has 0 heterocycles. The average molecular weight is 302 g/mol. The summed E-state index contributed by atoms with van der Waals surface area (Å²) in [6, 6.07) is 7.36. The Morgan fingerprint density at radius 3 is 2.37 bits per heavy atom. The van der Waals surface area contributed by atoms with Gasteiger partial charge in [0, 0.05) is 13.1 Å². The van der Waals surface area contributed by atoms with Crippen LogP contribution in [0.4, 0.5) is 0 Å². The van der Waals surface area contributed by atoms with Crippen LogP contribution in [0.1, 0.15) is 24.0 Å². The molecule has 0 radical (unpaired) electrons. The van der Waals surface area contributed by atoms with Crippen molar-refractivity contribution in [3.63, 3.8) is 0 Å². The molecule has 0 amide bonds. The number of unbranched alkanes of at least 4 members (excludes halogenated alkanes) is 1. The first-order valence-corrected chi connectivity index (χ1v) is 9.36. The lowest BCUT2D eigenvalue weighted by atomic mass is 10.1. The van der Waals surface area contributed by atoms with Crippen LogP contribution in [-0.2, 0) is 22.3 Å². The lowest BCUT2D eigenvalue weighted by Gasteiger charge is -2.07. The molecule has 3 N–H and O–H groups in total. The highest BCUT2D eigenvalue weighted by Gasteiger charge is 2.10. The summed E-state index contributed by atoms with van der Waals surface area (Å²) in [7, 11) is -3.23. The molecular formula is C13H22N2O2S2. The van der Waals surface area contributed by atoms with Gasteiger partial charge in [-0.05, 0) is 36.0 Å². The van der Waals surface area contributed by atoms with Crippen molar-refractivity contribution in [3.05, 3.63) is 35.4 Å². The second-order valence-corrected chi connectivity index (χ2v) is 7.17. The summed E-state index contributed by atoms with van der Waals surface area (Å²) >= 11 is 1.78. The molecule has 0 fully saturated rings. The molecule has 6 heteroatoms. The van der Waals surface area contributed by atoms with Crippen LogP contribution in [-0.4, -0.2) is 27.0 Å². The lowest BCUT2D eigenvalue weighted by molar-refractivity contribution is 0.577. The molecule has 4 nitrogen and oxygen atoms in total. The summed E-state index contributed by atoms with van der Waals surface area (Å²) in [5.74, 6) is 1.10. The van der Waals surface area contributed by atoms with E-state index in [0.29, 0.717) is 13.1 Å². The van der Waals surface area contributed by atoms with Gasteiger partial charge in [-0.1, -0.05) is 24.3 Å². The molecule has 0 atom stereocenters. The molecule has 1 aromatic carbocycles. The highest BCUT2D eigenvalue weighted by atomic mass is 32.2. The second kappa shape index (κ2) is 8.58. The number of benzene rings is 1. The fourth-order valence-electron chi connectivity index (χ4n) is 1.64. The summed E-state index contributed by atoms with van der Waals surface area (Å²) < 4.78 is 26.3. The molecule has 0 unspecified atom stereocenters. The summed E-state index contributed by atoms with van der Waals surface area (Å²) in [6.07, 6.45) is 3.97. The first-order valence-electron chi connectivity index (χ1n) is 6.31. The molecule has 1 rings (SSSR count). The summed E-state index contributed by atoms with van der Waals surface area (Å²) in [4.78, 5) is 0. The highest BCUT2D eigenvalue weighted by molar-refractivity contribution is 7.98. The van der Waals surface area contributed by atoms with Crippen LogP contribution in [0.3, 0.4) is 0 Å². The number of sulfonamides is 1. The van der Waals surface area contributed by atoms with Gasteiger partial charge >= 0.3 is 0 Å². The van der Waals surface area contributed by atoms with E-state index in [1.54, 1.807) is 11.8 Å². The van der Waals surface area contributed by atoms with E-state index in [1.165, 1.54) is 0 Å². The van der Waals surface area contributed by atoms with Crippen LogP contribution in [0.2, 0.25) is 0 Å². The van der Waals surface area contributed by atoms with Gasteiger partial charge < -0.3 is 5.73 Å². The zero-order chi connectivity index (χ0) is 14.1. The molecule has 0 aromatic heterocycles. The largest absolute Gasteiger partial charge is 0.326 e. The van der Waals surface area contributed by atoms with Gasteiger partial charge in [0.05, 0.1) is 5.75 Å². The minimum Gasteiger partial charge on any atom is -0.326 e. The van der Waals surface area contributed by atoms with Crippen LogP contribution in [0.5, 0.6) is 0 Å². The van der Waals surface area contributed by atoms with Crippen LogP contribution in [0.15, 0.2) is 24.3 Å². The molecular weight excluding hydrogens is 280 g/mol. The smallest absolute Gasteiger partial charge is 0.215 e. The normalized spacial score (nSPS) is 11.7. The summed E-state index contributed by atoms with van der Waals surface area (Å²) in [5.41, 5.74) is 7.29. The standard InChI is InChI=1S/C13H22N2O2S2/c1-18-9-3-2-8-15-19(16,17)11-13-6-4-12(10-14)5-7-13/h4-7,15H,2-3,8-11,14H2,1H3. The maximum absolute atomic E-state index is 11.8. The summed E-state index contributed by atoms with van der Waals surface area (Å²) in [5, 5.41) is 0. The van der Waals surface area contributed by atoms with Crippen LogP contribution >= 0.6 is 11.8 Å². The number of hydrogen-bond donors (Lipinski definition) is 2. The number of nitrogens with two attached hydrogens (primary N) is 1. The zero-order valence-corrected chi connectivity index (χ0v) is 12.9. The Hall–Kier alpha value is -0.560. The molecule has 0 saturated heterocycles. The number of hydrogen-bond acceptors (Lipinski definition) is 4. The topological polar surface area (TPSA) is 72.2 Å². The van der Waals surface area contributed by atoms with Gasteiger partial charge in [0.2, 0.25) is 10.0 Å². The van der Waals surface area contributed by atoms with Crippen molar-refractivity contribution in [2.24, 2.45) is 5.73 Å². The maximum Gasteiger partial charge on any atom is 0.215 e. The van der Waals surface area contributed by atoms with E-state index < -0.39 is 10.0 Å². The minimum absolute atomic E-state index is 0.0282. The van der Waals surface area contributed by atoms with Crippen LogP contribution in [0, 0.1) is 0 Å². The van der Waals surface area contributed by atoms with Crippen molar-refractivity contribution < 1.29 is 8.42 Å². The Balaban J connectivity index is 2.40. The molecule has 0 saturated carbocycles. The fourth-order valence-corrected chi connectivity index (χ4v) is 3.32. The summed E-state index contributed by atoms with van der Waals surface area (Å²) in [6.45, 7) is 0.991. The van der Waals surface area contributed by atoms with Gasteiger partial charge in [-0.15, -0.1) is 0 Å². The zero-order valence-electron chi connectivity index (χ0n) is 11.3. The van der Waals surface area contributed by atoms with Crippen molar-refractivity contribution in [1.82, 2.24) is 4.72 Å². The van der Waals surface area contributed by atoms with E-state index >= 15 is 0 Å². The van der Waals surface area contributed by atoms with E-state index in [-0.39, 0.29) is 5.75 Å².